The van der Waals surface area contributed by atoms with Crippen molar-refractivity contribution in [3.05, 3.63) is 29.8 Å². The van der Waals surface area contributed by atoms with Crippen molar-refractivity contribution in [3.63, 3.8) is 0 Å². The van der Waals surface area contributed by atoms with E-state index in [1.54, 1.807) is 6.07 Å². The number of para-hydroxylation sites is 1. The van der Waals surface area contributed by atoms with Crippen molar-refractivity contribution < 1.29 is 4.79 Å². The van der Waals surface area contributed by atoms with E-state index in [-0.39, 0.29) is 5.91 Å². The molecule has 0 spiro atoms. The normalized spacial score (nSPS) is 36.7. The summed E-state index contributed by atoms with van der Waals surface area (Å²) in [6.07, 6.45) is 8.30. The van der Waals surface area contributed by atoms with Crippen LogP contribution in [-0.4, -0.2) is 12.5 Å². The van der Waals surface area contributed by atoms with E-state index in [2.05, 4.69) is 5.32 Å². The van der Waals surface area contributed by atoms with Crippen molar-refractivity contribution in [1.29, 1.82) is 0 Å². The van der Waals surface area contributed by atoms with E-state index in [9.17, 15) is 4.79 Å². The van der Waals surface area contributed by atoms with Crippen molar-refractivity contribution in [2.24, 2.45) is 23.2 Å². The van der Waals surface area contributed by atoms with Gasteiger partial charge in [0.1, 0.15) is 0 Å². The smallest absolute Gasteiger partial charge is 0.253 e. The van der Waals surface area contributed by atoms with Gasteiger partial charge in [0.2, 0.25) is 0 Å². The van der Waals surface area contributed by atoms with E-state index in [1.807, 2.05) is 18.2 Å². The standard InChI is InChI=1S/C18H24N2O/c19-16-4-2-1-3-15(16)17(21)20-11-18-8-12-5-13(9-18)7-14(6-12)10-18/h1-4,12-14H,5-11,19H2,(H,20,21). The molecule has 3 N–H and O–H groups in total. The molecule has 112 valence electrons. The fraction of sp³-hybridized carbons (Fsp3) is 0.611. The Labute approximate surface area is 126 Å². The summed E-state index contributed by atoms with van der Waals surface area (Å²) in [4.78, 5) is 12.4. The minimum Gasteiger partial charge on any atom is -0.398 e. The molecule has 4 fully saturated rings. The molecule has 21 heavy (non-hydrogen) atoms. The maximum atomic E-state index is 12.4. The first-order valence-corrected chi connectivity index (χ1v) is 8.26. The molecule has 4 bridgehead atoms. The Bertz CT molecular complexity index is 531. The van der Waals surface area contributed by atoms with Crippen LogP contribution in [0, 0.1) is 23.2 Å². The van der Waals surface area contributed by atoms with Gasteiger partial charge in [0, 0.05) is 12.2 Å². The van der Waals surface area contributed by atoms with Crippen LogP contribution >= 0.6 is 0 Å². The lowest BCUT2D eigenvalue weighted by Crippen LogP contribution is -2.51. The van der Waals surface area contributed by atoms with Crippen molar-refractivity contribution in [2.75, 3.05) is 12.3 Å². The number of carbonyl (C=O) groups excluding carboxylic acids is 1. The maximum Gasteiger partial charge on any atom is 0.253 e. The summed E-state index contributed by atoms with van der Waals surface area (Å²) in [6, 6.07) is 7.34. The number of nitrogen functional groups attached to an aromatic ring is 1. The number of rotatable bonds is 3. The van der Waals surface area contributed by atoms with E-state index in [0.717, 1.165) is 24.3 Å². The van der Waals surface area contributed by atoms with Crippen LogP contribution in [0.25, 0.3) is 0 Å². The van der Waals surface area contributed by atoms with Crippen LogP contribution in [0.4, 0.5) is 5.69 Å². The Morgan fingerprint density at radius 2 is 1.67 bits per heavy atom. The first-order chi connectivity index (χ1) is 10.1. The minimum atomic E-state index is -0.0103. The van der Waals surface area contributed by atoms with E-state index in [0.29, 0.717) is 16.7 Å². The summed E-state index contributed by atoms with van der Waals surface area (Å²) >= 11 is 0. The monoisotopic (exact) mass is 284 g/mol. The number of nitrogens with two attached hydrogens (primary N) is 1. The molecule has 4 aliphatic carbocycles. The average molecular weight is 284 g/mol. The van der Waals surface area contributed by atoms with Gasteiger partial charge in [-0.25, -0.2) is 0 Å². The number of benzene rings is 1. The van der Waals surface area contributed by atoms with Gasteiger partial charge in [0.15, 0.2) is 0 Å². The summed E-state index contributed by atoms with van der Waals surface area (Å²) < 4.78 is 0. The molecule has 0 unspecified atom stereocenters. The van der Waals surface area contributed by atoms with Gasteiger partial charge < -0.3 is 11.1 Å². The Hall–Kier alpha value is -1.51. The Kier molecular flexibility index (Phi) is 2.98. The van der Waals surface area contributed by atoms with Crippen LogP contribution < -0.4 is 11.1 Å². The van der Waals surface area contributed by atoms with Crippen molar-refractivity contribution in [1.82, 2.24) is 5.32 Å². The first-order valence-electron chi connectivity index (χ1n) is 8.26. The molecule has 0 aliphatic heterocycles. The largest absolute Gasteiger partial charge is 0.398 e. The van der Waals surface area contributed by atoms with Crippen LogP contribution in [0.2, 0.25) is 0 Å². The molecule has 1 aromatic rings. The number of amides is 1. The molecular formula is C18H24N2O. The van der Waals surface area contributed by atoms with Gasteiger partial charge in [-0.2, -0.15) is 0 Å². The van der Waals surface area contributed by atoms with Crippen molar-refractivity contribution >= 4 is 11.6 Å². The molecular weight excluding hydrogens is 260 g/mol. The molecule has 3 nitrogen and oxygen atoms in total. The van der Waals surface area contributed by atoms with Crippen LogP contribution in [-0.2, 0) is 0 Å². The highest BCUT2D eigenvalue weighted by Crippen LogP contribution is 2.59. The second-order valence-corrected chi connectivity index (χ2v) is 7.69. The van der Waals surface area contributed by atoms with Crippen molar-refractivity contribution in [3.8, 4) is 0 Å². The summed E-state index contributed by atoms with van der Waals surface area (Å²) in [7, 11) is 0. The molecule has 0 saturated heterocycles. The molecule has 0 aromatic heterocycles. The Morgan fingerprint density at radius 3 is 2.24 bits per heavy atom. The van der Waals surface area contributed by atoms with Gasteiger partial charge >= 0.3 is 0 Å². The minimum absolute atomic E-state index is 0.0103. The molecule has 4 aliphatic rings. The highest BCUT2D eigenvalue weighted by molar-refractivity contribution is 5.99. The van der Waals surface area contributed by atoms with E-state index in [4.69, 9.17) is 5.73 Å². The lowest BCUT2D eigenvalue weighted by molar-refractivity contribution is -0.0503. The van der Waals surface area contributed by atoms with Gasteiger partial charge in [-0.05, 0) is 73.8 Å². The van der Waals surface area contributed by atoms with E-state index in [1.165, 1.54) is 38.5 Å². The second kappa shape index (κ2) is 4.75. The van der Waals surface area contributed by atoms with Gasteiger partial charge in [0.25, 0.3) is 5.91 Å². The molecule has 0 heterocycles. The van der Waals surface area contributed by atoms with Gasteiger partial charge in [-0.15, -0.1) is 0 Å². The SMILES string of the molecule is Nc1ccccc1C(=O)NCC12CC3CC(CC(C3)C1)C2. The molecule has 3 heteroatoms. The van der Waals surface area contributed by atoms with Crippen LogP contribution in [0.1, 0.15) is 48.9 Å². The van der Waals surface area contributed by atoms with Crippen molar-refractivity contribution in [2.45, 2.75) is 38.5 Å². The number of hydrogen-bond acceptors (Lipinski definition) is 2. The lowest BCUT2D eigenvalue weighted by atomic mass is 9.49. The Balaban J connectivity index is 1.45. The average Bonchev–Trinajstić information content (AvgIpc) is 2.44. The fourth-order valence-corrected chi connectivity index (χ4v) is 5.57. The van der Waals surface area contributed by atoms with Gasteiger partial charge in [0.05, 0.1) is 5.56 Å². The highest BCUT2D eigenvalue weighted by Gasteiger charge is 2.50. The topological polar surface area (TPSA) is 55.1 Å². The molecule has 4 saturated carbocycles. The summed E-state index contributed by atoms with van der Waals surface area (Å²) in [5.41, 5.74) is 7.46. The molecule has 0 radical (unpaired) electrons. The van der Waals surface area contributed by atoms with Crippen LogP contribution in [0.15, 0.2) is 24.3 Å². The quantitative estimate of drug-likeness (QED) is 0.837. The third-order valence-corrected chi connectivity index (χ3v) is 5.99. The molecule has 0 atom stereocenters. The van der Waals surface area contributed by atoms with E-state index < -0.39 is 0 Å². The fourth-order valence-electron chi connectivity index (χ4n) is 5.57. The second-order valence-electron chi connectivity index (χ2n) is 7.69. The van der Waals surface area contributed by atoms with Gasteiger partial charge in [-0.3, -0.25) is 4.79 Å². The third kappa shape index (κ3) is 2.33. The lowest BCUT2D eigenvalue weighted by Gasteiger charge is -2.56. The summed E-state index contributed by atoms with van der Waals surface area (Å²) in [5.74, 6) is 2.77. The summed E-state index contributed by atoms with van der Waals surface area (Å²) in [6.45, 7) is 0.837. The van der Waals surface area contributed by atoms with Crippen LogP contribution in [0.3, 0.4) is 0 Å². The first kappa shape index (κ1) is 13.2. The third-order valence-electron chi connectivity index (χ3n) is 5.99. The summed E-state index contributed by atoms with van der Waals surface area (Å²) in [5, 5.41) is 3.18. The molecule has 1 aromatic carbocycles. The number of carbonyl (C=O) groups is 1. The highest BCUT2D eigenvalue weighted by atomic mass is 16.1. The van der Waals surface area contributed by atoms with Gasteiger partial charge in [-0.1, -0.05) is 12.1 Å². The number of nitrogens with one attached hydrogen (secondary N) is 1. The molecule has 5 rings (SSSR count). The maximum absolute atomic E-state index is 12.4. The number of anilines is 1. The predicted octanol–water partition coefficient (Wildman–Crippen LogP) is 3.22. The zero-order valence-corrected chi connectivity index (χ0v) is 12.5. The zero-order chi connectivity index (χ0) is 14.4. The number of hydrogen-bond donors (Lipinski definition) is 2. The van der Waals surface area contributed by atoms with Crippen LogP contribution in [0.5, 0.6) is 0 Å². The molecule has 1 amide bonds. The zero-order valence-electron chi connectivity index (χ0n) is 12.5. The Morgan fingerprint density at radius 1 is 1.10 bits per heavy atom. The predicted molar refractivity (Wildman–Crippen MR) is 83.8 cm³/mol. The van der Waals surface area contributed by atoms with E-state index >= 15 is 0 Å².